The van der Waals surface area contributed by atoms with Crippen LogP contribution in [0.2, 0.25) is 0 Å². The van der Waals surface area contributed by atoms with E-state index in [0.29, 0.717) is 6.42 Å². The van der Waals surface area contributed by atoms with Gasteiger partial charge in [-0.1, -0.05) is 140 Å². The van der Waals surface area contributed by atoms with E-state index in [-0.39, 0.29) is 0 Å². The molecule has 2 heteroatoms. The highest BCUT2D eigenvalue weighted by Crippen LogP contribution is 2.13. The number of benzene rings is 1. The van der Waals surface area contributed by atoms with Crippen LogP contribution in [-0.4, -0.2) is 11.1 Å². The maximum atomic E-state index is 10.3. The molecule has 0 bridgehead atoms. The van der Waals surface area contributed by atoms with Crippen LogP contribution >= 0.6 is 0 Å². The summed E-state index contributed by atoms with van der Waals surface area (Å²) in [5, 5.41) is 8.52. The summed E-state index contributed by atoms with van der Waals surface area (Å²) < 4.78 is 0. The van der Waals surface area contributed by atoms with Crippen LogP contribution < -0.4 is 0 Å². The predicted molar refractivity (Wildman–Crippen MR) is 132 cm³/mol. The van der Waals surface area contributed by atoms with Gasteiger partial charge >= 0.3 is 5.97 Å². The van der Waals surface area contributed by atoms with Gasteiger partial charge in [-0.2, -0.15) is 0 Å². The van der Waals surface area contributed by atoms with Gasteiger partial charge in [0.2, 0.25) is 0 Å². The second-order valence-electron chi connectivity index (χ2n) is 8.68. The highest BCUT2D eigenvalue weighted by Gasteiger charge is 1.97. The zero-order chi connectivity index (χ0) is 22.1. The highest BCUT2D eigenvalue weighted by atomic mass is 16.4. The van der Waals surface area contributed by atoms with Gasteiger partial charge in [-0.05, 0) is 24.8 Å². The standard InChI is InChI=1S/C18H36O2.C10H14/c1-2-3-4-5-6-7-8-9-10-11-12-13-14-15-16-17-18(19)20;1-2-3-7-10-8-5-4-6-9-10/h2-17H2,1H3,(H,19,20);4-6,8-9H,2-3,7H2,1H3. The maximum Gasteiger partial charge on any atom is 0.303 e. The van der Waals surface area contributed by atoms with E-state index in [2.05, 4.69) is 44.2 Å². The summed E-state index contributed by atoms with van der Waals surface area (Å²) >= 11 is 0. The van der Waals surface area contributed by atoms with Crippen molar-refractivity contribution in [2.75, 3.05) is 0 Å². The number of unbranched alkanes of at least 4 members (excludes halogenated alkanes) is 15. The Hall–Kier alpha value is -1.31. The molecule has 0 radical (unpaired) electrons. The zero-order valence-electron chi connectivity index (χ0n) is 20.2. The molecule has 0 unspecified atom stereocenters. The van der Waals surface area contributed by atoms with Crippen LogP contribution in [0, 0.1) is 0 Å². The second-order valence-corrected chi connectivity index (χ2v) is 8.68. The average molecular weight is 419 g/mol. The lowest BCUT2D eigenvalue weighted by Crippen LogP contribution is -1.93. The molecule has 0 spiro atoms. The van der Waals surface area contributed by atoms with Crippen molar-refractivity contribution in [2.45, 2.75) is 136 Å². The summed E-state index contributed by atoms with van der Waals surface area (Å²) in [4.78, 5) is 10.3. The number of aliphatic carboxylic acids is 1. The fourth-order valence-electron chi connectivity index (χ4n) is 3.67. The molecule has 30 heavy (non-hydrogen) atoms. The molecule has 0 aliphatic rings. The van der Waals surface area contributed by atoms with Crippen LogP contribution in [0.5, 0.6) is 0 Å². The maximum absolute atomic E-state index is 10.3. The largest absolute Gasteiger partial charge is 0.481 e. The highest BCUT2D eigenvalue weighted by molar-refractivity contribution is 5.66. The number of aryl methyl sites for hydroxylation is 1. The third-order valence-electron chi connectivity index (χ3n) is 5.66. The van der Waals surface area contributed by atoms with Gasteiger partial charge in [0.05, 0.1) is 0 Å². The van der Waals surface area contributed by atoms with E-state index in [1.165, 1.54) is 108 Å². The fourth-order valence-corrected chi connectivity index (χ4v) is 3.67. The molecule has 0 atom stereocenters. The average Bonchev–Trinajstić information content (AvgIpc) is 2.76. The molecule has 0 aliphatic heterocycles. The minimum atomic E-state index is -0.653. The van der Waals surface area contributed by atoms with Gasteiger partial charge in [0.15, 0.2) is 0 Å². The quantitative estimate of drug-likeness (QED) is 0.227. The molecule has 1 rings (SSSR count). The minimum Gasteiger partial charge on any atom is -0.481 e. The van der Waals surface area contributed by atoms with Crippen LogP contribution in [0.1, 0.15) is 135 Å². The minimum absolute atomic E-state index is 0.345. The van der Waals surface area contributed by atoms with E-state index < -0.39 is 5.97 Å². The first-order valence-electron chi connectivity index (χ1n) is 13.0. The van der Waals surface area contributed by atoms with Crippen LogP contribution in [0.15, 0.2) is 30.3 Å². The summed E-state index contributed by atoms with van der Waals surface area (Å²) in [5.74, 6) is -0.653. The smallest absolute Gasteiger partial charge is 0.303 e. The van der Waals surface area contributed by atoms with Crippen molar-refractivity contribution < 1.29 is 9.90 Å². The Morgan fingerprint density at radius 2 is 1.00 bits per heavy atom. The number of rotatable bonds is 19. The normalized spacial score (nSPS) is 10.5. The molecule has 1 aromatic carbocycles. The van der Waals surface area contributed by atoms with E-state index in [1.807, 2.05) is 0 Å². The Kier molecular flexibility index (Phi) is 22.9. The predicted octanol–water partition coefficient (Wildman–Crippen LogP) is 9.36. The summed E-state index contributed by atoms with van der Waals surface area (Å²) in [6.45, 7) is 4.50. The summed E-state index contributed by atoms with van der Waals surface area (Å²) in [5.41, 5.74) is 1.46. The summed E-state index contributed by atoms with van der Waals surface area (Å²) in [7, 11) is 0. The number of carboxylic acids is 1. The SMILES string of the molecule is CCCCCCCCCCCCCCCCCC(=O)O.CCCCc1ccccc1. The molecule has 0 saturated carbocycles. The van der Waals surface area contributed by atoms with Crippen molar-refractivity contribution in [1.29, 1.82) is 0 Å². The van der Waals surface area contributed by atoms with Gasteiger partial charge in [0.1, 0.15) is 0 Å². The van der Waals surface area contributed by atoms with Crippen molar-refractivity contribution in [3.05, 3.63) is 35.9 Å². The van der Waals surface area contributed by atoms with Crippen molar-refractivity contribution in [3.8, 4) is 0 Å². The van der Waals surface area contributed by atoms with Gasteiger partial charge in [-0.15, -0.1) is 0 Å². The van der Waals surface area contributed by atoms with Crippen LogP contribution in [0.3, 0.4) is 0 Å². The number of carboxylic acid groups (broad SMARTS) is 1. The van der Waals surface area contributed by atoms with Crippen LogP contribution in [-0.2, 0) is 11.2 Å². The van der Waals surface area contributed by atoms with Gasteiger partial charge in [0.25, 0.3) is 0 Å². The third kappa shape index (κ3) is 23.0. The lowest BCUT2D eigenvalue weighted by Gasteiger charge is -2.03. The third-order valence-corrected chi connectivity index (χ3v) is 5.66. The van der Waals surface area contributed by atoms with Crippen molar-refractivity contribution >= 4 is 5.97 Å². The fraction of sp³-hybridized carbons (Fsp3) is 0.750. The summed E-state index contributed by atoms with van der Waals surface area (Å²) in [6, 6.07) is 10.6. The molecule has 1 N–H and O–H groups in total. The van der Waals surface area contributed by atoms with Crippen LogP contribution in [0.4, 0.5) is 0 Å². The van der Waals surface area contributed by atoms with Gasteiger partial charge in [-0.25, -0.2) is 0 Å². The molecular weight excluding hydrogens is 368 g/mol. The van der Waals surface area contributed by atoms with Crippen molar-refractivity contribution in [3.63, 3.8) is 0 Å². The van der Waals surface area contributed by atoms with Gasteiger partial charge in [-0.3, -0.25) is 4.79 Å². The lowest BCUT2D eigenvalue weighted by molar-refractivity contribution is -0.137. The van der Waals surface area contributed by atoms with E-state index in [1.54, 1.807) is 0 Å². The van der Waals surface area contributed by atoms with Crippen LogP contribution in [0.25, 0.3) is 0 Å². The van der Waals surface area contributed by atoms with Gasteiger partial charge < -0.3 is 5.11 Å². The van der Waals surface area contributed by atoms with Gasteiger partial charge in [0, 0.05) is 6.42 Å². The molecule has 0 amide bonds. The Bertz CT molecular complexity index is 455. The molecule has 0 fully saturated rings. The van der Waals surface area contributed by atoms with Crippen molar-refractivity contribution in [2.24, 2.45) is 0 Å². The molecule has 174 valence electrons. The molecule has 0 aromatic heterocycles. The topological polar surface area (TPSA) is 37.3 Å². The molecular formula is C28H50O2. The molecule has 0 heterocycles. The van der Waals surface area contributed by atoms with E-state index in [0.717, 1.165) is 12.8 Å². The summed E-state index contributed by atoms with van der Waals surface area (Å²) in [6.07, 6.45) is 24.0. The first-order valence-corrected chi connectivity index (χ1v) is 13.0. The number of hydrogen-bond donors (Lipinski definition) is 1. The molecule has 0 saturated heterocycles. The number of carbonyl (C=O) groups is 1. The van der Waals surface area contributed by atoms with E-state index >= 15 is 0 Å². The number of hydrogen-bond acceptors (Lipinski definition) is 1. The van der Waals surface area contributed by atoms with E-state index in [4.69, 9.17) is 5.11 Å². The van der Waals surface area contributed by atoms with E-state index in [9.17, 15) is 4.79 Å². The Morgan fingerprint density at radius 1 is 0.600 bits per heavy atom. The first-order chi connectivity index (χ1) is 14.7. The first kappa shape index (κ1) is 28.7. The monoisotopic (exact) mass is 418 g/mol. The zero-order valence-corrected chi connectivity index (χ0v) is 20.2. The Balaban J connectivity index is 0.000000696. The molecule has 2 nitrogen and oxygen atoms in total. The van der Waals surface area contributed by atoms with Crippen molar-refractivity contribution in [1.82, 2.24) is 0 Å². The molecule has 0 aliphatic carbocycles. The lowest BCUT2D eigenvalue weighted by atomic mass is 10.0. The Morgan fingerprint density at radius 3 is 1.40 bits per heavy atom. The molecule has 1 aromatic rings. The Labute approximate surface area is 187 Å². The second kappa shape index (κ2) is 24.0.